The van der Waals surface area contributed by atoms with Crippen LogP contribution in [0.3, 0.4) is 0 Å². The second-order valence-electron chi connectivity index (χ2n) is 6.76. The topological polar surface area (TPSA) is 118 Å². The lowest BCUT2D eigenvalue weighted by molar-refractivity contribution is -0.0451. The summed E-state index contributed by atoms with van der Waals surface area (Å²) in [5, 5.41) is 15.4. The van der Waals surface area contributed by atoms with Crippen molar-refractivity contribution in [3.63, 3.8) is 0 Å². The van der Waals surface area contributed by atoms with Crippen LogP contribution in [0.5, 0.6) is 0 Å². The molecular formula is C19H23FN4O5. The SMILES string of the molecule is CCNC(=O)c1ccc(-c2noc(C(C)OC3CCN(C(=O)O)CC3)n2)cc1F. The van der Waals surface area contributed by atoms with Gasteiger partial charge in [0.05, 0.1) is 11.7 Å². The molecule has 1 aliphatic rings. The van der Waals surface area contributed by atoms with Crippen molar-refractivity contribution in [2.45, 2.75) is 38.9 Å². The summed E-state index contributed by atoms with van der Waals surface area (Å²) in [5.41, 5.74) is 0.330. The van der Waals surface area contributed by atoms with E-state index in [0.29, 0.717) is 38.0 Å². The molecule has 1 aromatic heterocycles. The minimum Gasteiger partial charge on any atom is -0.465 e. The van der Waals surface area contributed by atoms with E-state index in [1.54, 1.807) is 19.9 Å². The number of piperidine rings is 1. The van der Waals surface area contributed by atoms with Gasteiger partial charge in [-0.2, -0.15) is 4.98 Å². The van der Waals surface area contributed by atoms with Crippen LogP contribution in [0.15, 0.2) is 22.7 Å². The van der Waals surface area contributed by atoms with Crippen LogP contribution in [0.4, 0.5) is 9.18 Å². The predicted molar refractivity (Wildman–Crippen MR) is 99.8 cm³/mol. The van der Waals surface area contributed by atoms with E-state index in [0.717, 1.165) is 0 Å². The van der Waals surface area contributed by atoms with Crippen molar-refractivity contribution in [1.29, 1.82) is 0 Å². The fraction of sp³-hybridized carbons (Fsp3) is 0.474. The van der Waals surface area contributed by atoms with Crippen molar-refractivity contribution < 1.29 is 28.3 Å². The monoisotopic (exact) mass is 406 g/mol. The van der Waals surface area contributed by atoms with Gasteiger partial charge in [-0.15, -0.1) is 0 Å². The van der Waals surface area contributed by atoms with Crippen LogP contribution in [0, 0.1) is 5.82 Å². The highest BCUT2D eigenvalue weighted by molar-refractivity contribution is 5.94. The lowest BCUT2D eigenvalue weighted by atomic mass is 10.1. The van der Waals surface area contributed by atoms with Gasteiger partial charge in [0, 0.05) is 25.2 Å². The van der Waals surface area contributed by atoms with Crippen LogP contribution in [0.1, 0.15) is 49.0 Å². The summed E-state index contributed by atoms with van der Waals surface area (Å²) in [6, 6.07) is 4.11. The Hall–Kier alpha value is -3.01. The molecule has 29 heavy (non-hydrogen) atoms. The van der Waals surface area contributed by atoms with Crippen LogP contribution in [0.2, 0.25) is 0 Å². The molecule has 1 atom stereocenters. The summed E-state index contributed by atoms with van der Waals surface area (Å²) in [5.74, 6) is -0.720. The number of amides is 2. The van der Waals surface area contributed by atoms with Gasteiger partial charge in [0.25, 0.3) is 11.8 Å². The Labute approximate surface area is 166 Å². The first-order valence-corrected chi connectivity index (χ1v) is 9.44. The number of aromatic nitrogens is 2. The van der Waals surface area contributed by atoms with Crippen molar-refractivity contribution in [3.05, 3.63) is 35.5 Å². The van der Waals surface area contributed by atoms with Crippen LogP contribution >= 0.6 is 0 Å². The molecule has 9 nitrogen and oxygen atoms in total. The molecule has 10 heteroatoms. The normalized spacial score (nSPS) is 15.9. The maximum Gasteiger partial charge on any atom is 0.407 e. The molecule has 1 fully saturated rings. The molecule has 2 heterocycles. The zero-order valence-electron chi connectivity index (χ0n) is 16.2. The molecule has 1 unspecified atom stereocenters. The van der Waals surface area contributed by atoms with Crippen LogP contribution < -0.4 is 5.32 Å². The molecule has 2 N–H and O–H groups in total. The van der Waals surface area contributed by atoms with E-state index in [9.17, 15) is 14.0 Å². The number of carboxylic acid groups (broad SMARTS) is 1. The minimum absolute atomic E-state index is 0.0521. The molecule has 0 saturated carbocycles. The maximum atomic E-state index is 14.3. The quantitative estimate of drug-likeness (QED) is 0.757. The molecule has 0 bridgehead atoms. The van der Waals surface area contributed by atoms with Gasteiger partial charge < -0.3 is 24.6 Å². The van der Waals surface area contributed by atoms with Gasteiger partial charge in [-0.05, 0) is 38.8 Å². The van der Waals surface area contributed by atoms with Crippen LogP contribution in [-0.2, 0) is 4.74 Å². The maximum absolute atomic E-state index is 14.3. The average molecular weight is 406 g/mol. The number of halogens is 1. The minimum atomic E-state index is -0.927. The Morgan fingerprint density at radius 3 is 2.76 bits per heavy atom. The number of ether oxygens (including phenoxy) is 1. The van der Waals surface area contributed by atoms with Crippen molar-refractivity contribution >= 4 is 12.0 Å². The third-order valence-corrected chi connectivity index (χ3v) is 4.71. The third kappa shape index (κ3) is 4.89. The molecule has 2 aromatic rings. The van der Waals surface area contributed by atoms with E-state index in [1.165, 1.54) is 17.0 Å². The zero-order valence-corrected chi connectivity index (χ0v) is 16.2. The largest absolute Gasteiger partial charge is 0.465 e. The van der Waals surface area contributed by atoms with Crippen molar-refractivity contribution in [2.24, 2.45) is 0 Å². The Morgan fingerprint density at radius 1 is 1.41 bits per heavy atom. The number of carbonyl (C=O) groups excluding carboxylic acids is 1. The van der Waals surface area contributed by atoms with E-state index in [-0.39, 0.29) is 23.4 Å². The van der Waals surface area contributed by atoms with E-state index in [1.807, 2.05) is 0 Å². The smallest absolute Gasteiger partial charge is 0.407 e. The summed E-state index contributed by atoms with van der Waals surface area (Å²) in [7, 11) is 0. The summed E-state index contributed by atoms with van der Waals surface area (Å²) < 4.78 is 25.4. The summed E-state index contributed by atoms with van der Waals surface area (Å²) >= 11 is 0. The number of hydrogen-bond acceptors (Lipinski definition) is 6. The Balaban J connectivity index is 1.64. The molecule has 2 amide bonds. The first-order chi connectivity index (χ1) is 13.9. The van der Waals surface area contributed by atoms with Crippen LogP contribution in [-0.4, -0.2) is 57.9 Å². The fourth-order valence-electron chi connectivity index (χ4n) is 3.14. The second kappa shape index (κ2) is 8.99. The molecule has 0 aliphatic carbocycles. The molecule has 156 valence electrons. The molecule has 0 radical (unpaired) electrons. The number of nitrogens with one attached hydrogen (secondary N) is 1. The molecule has 0 spiro atoms. The summed E-state index contributed by atoms with van der Waals surface area (Å²) in [6.07, 6.45) is -0.348. The van der Waals surface area contributed by atoms with Crippen molar-refractivity contribution in [1.82, 2.24) is 20.4 Å². The zero-order chi connectivity index (χ0) is 21.0. The van der Waals surface area contributed by atoms with Gasteiger partial charge in [0.15, 0.2) is 0 Å². The van der Waals surface area contributed by atoms with Gasteiger partial charge >= 0.3 is 6.09 Å². The highest BCUT2D eigenvalue weighted by atomic mass is 19.1. The van der Waals surface area contributed by atoms with Gasteiger partial charge in [-0.25, -0.2) is 9.18 Å². The number of benzene rings is 1. The highest BCUT2D eigenvalue weighted by Crippen LogP contribution is 2.25. The van der Waals surface area contributed by atoms with Gasteiger partial charge in [-0.3, -0.25) is 4.79 Å². The van der Waals surface area contributed by atoms with E-state index in [2.05, 4.69) is 15.5 Å². The molecular weight excluding hydrogens is 383 g/mol. The number of nitrogens with zero attached hydrogens (tertiary/aromatic N) is 3. The van der Waals surface area contributed by atoms with Crippen molar-refractivity contribution in [2.75, 3.05) is 19.6 Å². The van der Waals surface area contributed by atoms with Crippen molar-refractivity contribution in [3.8, 4) is 11.4 Å². The molecule has 1 aromatic carbocycles. The van der Waals surface area contributed by atoms with E-state index >= 15 is 0 Å². The molecule has 1 aliphatic heterocycles. The van der Waals surface area contributed by atoms with Gasteiger partial charge in [0.2, 0.25) is 5.82 Å². The van der Waals surface area contributed by atoms with Crippen LogP contribution in [0.25, 0.3) is 11.4 Å². The average Bonchev–Trinajstić information content (AvgIpc) is 3.19. The Morgan fingerprint density at radius 2 is 2.14 bits per heavy atom. The predicted octanol–water partition coefficient (Wildman–Crippen LogP) is 2.85. The Bertz CT molecular complexity index is 879. The first kappa shape index (κ1) is 20.7. The first-order valence-electron chi connectivity index (χ1n) is 9.44. The van der Waals surface area contributed by atoms with E-state index in [4.69, 9.17) is 14.4 Å². The lowest BCUT2D eigenvalue weighted by Crippen LogP contribution is -2.40. The summed E-state index contributed by atoms with van der Waals surface area (Å²) in [4.78, 5) is 28.4. The summed E-state index contributed by atoms with van der Waals surface area (Å²) in [6.45, 7) is 4.75. The van der Waals surface area contributed by atoms with Gasteiger partial charge in [0.1, 0.15) is 11.9 Å². The Kier molecular flexibility index (Phi) is 6.42. The van der Waals surface area contributed by atoms with E-state index < -0.39 is 23.9 Å². The third-order valence-electron chi connectivity index (χ3n) is 4.71. The van der Waals surface area contributed by atoms with Gasteiger partial charge in [-0.1, -0.05) is 11.2 Å². The lowest BCUT2D eigenvalue weighted by Gasteiger charge is -2.30. The standard InChI is InChI=1S/C19H23FN4O5/c1-3-21-17(25)14-5-4-12(10-15(14)20)16-22-18(29-23-16)11(2)28-13-6-8-24(9-7-13)19(26)27/h4-5,10-11,13H,3,6-9H2,1-2H3,(H,21,25)(H,26,27). The number of carbonyl (C=O) groups is 2. The number of rotatable bonds is 6. The molecule has 1 saturated heterocycles. The number of hydrogen-bond donors (Lipinski definition) is 2. The highest BCUT2D eigenvalue weighted by Gasteiger charge is 2.26. The number of likely N-dealkylation sites (tertiary alicyclic amines) is 1. The second-order valence-corrected chi connectivity index (χ2v) is 6.76. The fourth-order valence-corrected chi connectivity index (χ4v) is 3.14. The molecule has 3 rings (SSSR count).